The van der Waals surface area contributed by atoms with Crippen LogP contribution in [-0.2, 0) is 10.0 Å². The number of ether oxygens (including phenoxy) is 1. The second kappa shape index (κ2) is 7.23. The lowest BCUT2D eigenvalue weighted by molar-refractivity contribution is 0.299. The first kappa shape index (κ1) is 17.0. The highest BCUT2D eigenvalue weighted by atomic mass is 32.2. The van der Waals surface area contributed by atoms with E-state index in [1.807, 2.05) is 43.3 Å². The Labute approximate surface area is 135 Å². The zero-order valence-corrected chi connectivity index (χ0v) is 14.4. The van der Waals surface area contributed by atoms with E-state index in [0.29, 0.717) is 10.8 Å². The van der Waals surface area contributed by atoms with Gasteiger partial charge in [-0.15, -0.1) is 11.3 Å². The number of hydrogen-bond donors (Lipinski definition) is 1. The van der Waals surface area contributed by atoms with Crippen LogP contribution >= 0.6 is 11.3 Å². The predicted octanol–water partition coefficient (Wildman–Crippen LogP) is 2.34. The van der Waals surface area contributed by atoms with Crippen LogP contribution in [0.1, 0.15) is 11.6 Å². The van der Waals surface area contributed by atoms with Gasteiger partial charge in [0, 0.05) is 12.6 Å². The van der Waals surface area contributed by atoms with E-state index in [0.717, 1.165) is 11.3 Å². The van der Waals surface area contributed by atoms with Gasteiger partial charge >= 0.3 is 0 Å². The lowest BCUT2D eigenvalue weighted by atomic mass is 10.1. The molecule has 0 fully saturated rings. The van der Waals surface area contributed by atoms with E-state index >= 15 is 0 Å². The van der Waals surface area contributed by atoms with Gasteiger partial charge in [0.2, 0.25) is 10.0 Å². The molecule has 120 valence electrons. The molecule has 1 aromatic heterocycles. The van der Waals surface area contributed by atoms with Crippen LogP contribution in [0.25, 0.3) is 0 Å². The second-order valence-electron chi connectivity index (χ2n) is 5.04. The zero-order chi connectivity index (χ0) is 16.2. The second-order valence-corrected chi connectivity index (χ2v) is 7.98. The maximum atomic E-state index is 12.2. The van der Waals surface area contributed by atoms with Gasteiger partial charge in [0.05, 0.1) is 7.11 Å². The summed E-state index contributed by atoms with van der Waals surface area (Å²) in [4.78, 5) is 1.98. The summed E-state index contributed by atoms with van der Waals surface area (Å²) in [6.07, 6.45) is 0. The third kappa shape index (κ3) is 4.07. The Morgan fingerprint density at radius 2 is 1.91 bits per heavy atom. The summed E-state index contributed by atoms with van der Waals surface area (Å²) >= 11 is 1.21. The van der Waals surface area contributed by atoms with Crippen LogP contribution < -0.4 is 9.46 Å². The lowest BCUT2D eigenvalue weighted by Crippen LogP contribution is -2.34. The quantitative estimate of drug-likeness (QED) is 0.840. The molecule has 0 aliphatic heterocycles. The Morgan fingerprint density at radius 1 is 1.23 bits per heavy atom. The van der Waals surface area contributed by atoms with Crippen molar-refractivity contribution in [2.75, 3.05) is 27.7 Å². The Bertz CT molecular complexity index is 680. The van der Waals surface area contributed by atoms with Crippen LogP contribution in [-0.4, -0.2) is 41.1 Å². The largest absolute Gasteiger partial charge is 0.497 e. The zero-order valence-electron chi connectivity index (χ0n) is 12.8. The van der Waals surface area contributed by atoms with Crippen LogP contribution in [0, 0.1) is 0 Å². The van der Waals surface area contributed by atoms with Crippen molar-refractivity contribution in [1.82, 2.24) is 9.62 Å². The molecule has 0 spiro atoms. The highest BCUT2D eigenvalue weighted by Crippen LogP contribution is 2.22. The number of sulfonamides is 1. The number of hydrogen-bond acceptors (Lipinski definition) is 5. The van der Waals surface area contributed by atoms with Gasteiger partial charge in [0.25, 0.3) is 0 Å². The molecule has 2 aromatic rings. The molecule has 0 aliphatic carbocycles. The van der Waals surface area contributed by atoms with E-state index in [9.17, 15) is 8.42 Å². The average molecular weight is 340 g/mol. The standard InChI is InChI=1S/C15H20N2O3S2/c1-17(2)14(12-6-8-13(20-3)9-7-12)11-16-22(18,19)15-5-4-10-21-15/h4-10,14,16H,11H2,1-3H3. The normalized spacial score (nSPS) is 13.3. The van der Waals surface area contributed by atoms with Crippen LogP contribution in [0.4, 0.5) is 0 Å². The van der Waals surface area contributed by atoms with Crippen molar-refractivity contribution >= 4 is 21.4 Å². The van der Waals surface area contributed by atoms with E-state index in [2.05, 4.69) is 4.72 Å². The summed E-state index contributed by atoms with van der Waals surface area (Å²) in [6.45, 7) is 0.305. The molecular formula is C15H20N2O3S2. The average Bonchev–Trinajstić information content (AvgIpc) is 3.03. The summed E-state index contributed by atoms with van der Waals surface area (Å²) in [5.41, 5.74) is 1.03. The Kier molecular flexibility index (Phi) is 5.57. The van der Waals surface area contributed by atoms with E-state index in [-0.39, 0.29) is 6.04 Å². The van der Waals surface area contributed by atoms with Gasteiger partial charge in [-0.1, -0.05) is 18.2 Å². The van der Waals surface area contributed by atoms with Gasteiger partial charge in [0.15, 0.2) is 0 Å². The smallest absolute Gasteiger partial charge is 0.250 e. The molecule has 0 saturated heterocycles. The minimum Gasteiger partial charge on any atom is -0.497 e. The van der Waals surface area contributed by atoms with Gasteiger partial charge in [-0.05, 0) is 43.2 Å². The summed E-state index contributed by atoms with van der Waals surface area (Å²) < 4.78 is 32.6. The topological polar surface area (TPSA) is 58.6 Å². The van der Waals surface area contributed by atoms with E-state index in [1.165, 1.54) is 11.3 Å². The monoisotopic (exact) mass is 340 g/mol. The number of likely N-dealkylation sites (N-methyl/N-ethyl adjacent to an activating group) is 1. The number of nitrogens with zero attached hydrogens (tertiary/aromatic N) is 1. The Morgan fingerprint density at radius 3 is 2.41 bits per heavy atom. The number of thiophene rings is 1. The van der Waals surface area contributed by atoms with Crippen molar-refractivity contribution in [3.8, 4) is 5.75 Å². The molecule has 2 rings (SSSR count). The highest BCUT2D eigenvalue weighted by molar-refractivity contribution is 7.91. The number of rotatable bonds is 7. The molecule has 0 aliphatic rings. The van der Waals surface area contributed by atoms with Crippen molar-refractivity contribution in [1.29, 1.82) is 0 Å². The molecule has 0 amide bonds. The molecule has 1 unspecified atom stereocenters. The van der Waals surface area contributed by atoms with Crippen molar-refractivity contribution in [3.63, 3.8) is 0 Å². The lowest BCUT2D eigenvalue weighted by Gasteiger charge is -2.25. The van der Waals surface area contributed by atoms with Crippen LogP contribution in [0.15, 0.2) is 46.0 Å². The molecular weight excluding hydrogens is 320 g/mol. The molecule has 1 aromatic carbocycles. The van der Waals surface area contributed by atoms with Crippen LogP contribution in [0.2, 0.25) is 0 Å². The van der Waals surface area contributed by atoms with Gasteiger partial charge in [0.1, 0.15) is 9.96 Å². The number of benzene rings is 1. The third-order valence-electron chi connectivity index (χ3n) is 3.35. The number of methoxy groups -OCH3 is 1. The van der Waals surface area contributed by atoms with E-state index < -0.39 is 10.0 Å². The van der Waals surface area contributed by atoms with E-state index in [1.54, 1.807) is 24.6 Å². The SMILES string of the molecule is COc1ccc(C(CNS(=O)(=O)c2cccs2)N(C)C)cc1. The first-order chi connectivity index (χ1) is 10.4. The number of nitrogens with one attached hydrogen (secondary N) is 1. The van der Waals surface area contributed by atoms with Gasteiger partial charge < -0.3 is 9.64 Å². The fraction of sp³-hybridized carbons (Fsp3) is 0.333. The Balaban J connectivity index is 2.12. The van der Waals surface area contributed by atoms with E-state index in [4.69, 9.17) is 4.74 Å². The van der Waals surface area contributed by atoms with Crippen molar-refractivity contribution in [2.45, 2.75) is 10.3 Å². The summed E-state index contributed by atoms with van der Waals surface area (Å²) in [6, 6.07) is 10.9. The minimum absolute atomic E-state index is 0.0550. The maximum absolute atomic E-state index is 12.2. The van der Waals surface area contributed by atoms with Crippen LogP contribution in [0.5, 0.6) is 5.75 Å². The first-order valence-corrected chi connectivity index (χ1v) is 9.14. The third-order valence-corrected chi connectivity index (χ3v) is 6.17. The predicted molar refractivity (Wildman–Crippen MR) is 88.9 cm³/mol. The summed E-state index contributed by atoms with van der Waals surface area (Å²) in [5, 5.41) is 1.75. The molecule has 1 atom stereocenters. The first-order valence-electron chi connectivity index (χ1n) is 6.77. The Hall–Kier alpha value is -1.41. The molecule has 7 heteroatoms. The maximum Gasteiger partial charge on any atom is 0.250 e. The molecule has 5 nitrogen and oxygen atoms in total. The fourth-order valence-electron chi connectivity index (χ4n) is 2.10. The van der Waals surface area contributed by atoms with Gasteiger partial charge in [-0.2, -0.15) is 0 Å². The van der Waals surface area contributed by atoms with Crippen LogP contribution in [0.3, 0.4) is 0 Å². The van der Waals surface area contributed by atoms with Crippen molar-refractivity contribution in [3.05, 3.63) is 47.3 Å². The molecule has 1 heterocycles. The van der Waals surface area contributed by atoms with Gasteiger partial charge in [-0.25, -0.2) is 13.1 Å². The fourth-order valence-corrected chi connectivity index (χ4v) is 4.18. The summed E-state index contributed by atoms with van der Waals surface area (Å²) in [7, 11) is 2.02. The summed E-state index contributed by atoms with van der Waals surface area (Å²) in [5.74, 6) is 0.778. The molecule has 0 bridgehead atoms. The van der Waals surface area contributed by atoms with Gasteiger partial charge in [-0.3, -0.25) is 0 Å². The molecule has 1 N–H and O–H groups in total. The van der Waals surface area contributed by atoms with Crippen molar-refractivity contribution in [2.24, 2.45) is 0 Å². The highest BCUT2D eigenvalue weighted by Gasteiger charge is 2.20. The molecule has 0 saturated carbocycles. The molecule has 0 radical (unpaired) electrons. The van der Waals surface area contributed by atoms with Crippen molar-refractivity contribution < 1.29 is 13.2 Å². The molecule has 22 heavy (non-hydrogen) atoms. The minimum atomic E-state index is -3.45.